The minimum Gasteiger partial charge on any atom is -0.483 e. The number of rotatable bonds is 7. The second-order valence-corrected chi connectivity index (χ2v) is 5.44. The van der Waals surface area contributed by atoms with E-state index in [0.29, 0.717) is 17.0 Å². The molecule has 0 spiro atoms. The molecule has 2 amide bonds. The second-order valence-electron chi connectivity index (χ2n) is 5.44. The van der Waals surface area contributed by atoms with Gasteiger partial charge in [0.05, 0.1) is 7.11 Å². The van der Waals surface area contributed by atoms with Gasteiger partial charge in [-0.25, -0.2) is 0 Å². The molecule has 7 heteroatoms. The van der Waals surface area contributed by atoms with Crippen molar-refractivity contribution >= 4 is 23.5 Å². The summed E-state index contributed by atoms with van der Waals surface area (Å²) in [5.41, 5.74) is 1.85. The van der Waals surface area contributed by atoms with Crippen LogP contribution in [0.25, 0.3) is 0 Å². The molecule has 0 saturated heterocycles. The van der Waals surface area contributed by atoms with Crippen molar-refractivity contribution in [3.8, 4) is 5.75 Å². The first kappa shape index (κ1) is 19.0. The molecule has 2 N–H and O–H groups in total. The van der Waals surface area contributed by atoms with Gasteiger partial charge in [-0.2, -0.15) is 0 Å². The minimum atomic E-state index is -0.532. The lowest BCUT2D eigenvalue weighted by Crippen LogP contribution is -2.30. The number of hydrogen-bond donors (Lipinski definition) is 2. The molecular weight excluding hydrogens is 336 g/mol. The number of amides is 2. The molecule has 136 valence electrons. The third kappa shape index (κ3) is 5.62. The molecule has 26 heavy (non-hydrogen) atoms. The van der Waals surface area contributed by atoms with Crippen molar-refractivity contribution in [1.29, 1.82) is 0 Å². The van der Waals surface area contributed by atoms with Crippen LogP contribution in [0, 0.1) is 6.92 Å². The standard InChI is InChI=1S/C19H20N2O5/c1-13-5-3-4-6-16(13)26-12-17(22)21-15-9-7-14(8-10-15)19(24)20-11-18(23)25-2/h3-10H,11-12H2,1-2H3,(H,20,24)(H,21,22). The highest BCUT2D eigenvalue weighted by Gasteiger charge is 2.09. The lowest BCUT2D eigenvalue weighted by atomic mass is 10.2. The molecular formula is C19H20N2O5. The van der Waals surface area contributed by atoms with Crippen LogP contribution < -0.4 is 15.4 Å². The van der Waals surface area contributed by atoms with Crippen molar-refractivity contribution in [2.75, 3.05) is 25.6 Å². The Labute approximate surface area is 151 Å². The number of anilines is 1. The highest BCUT2D eigenvalue weighted by molar-refractivity contribution is 5.97. The lowest BCUT2D eigenvalue weighted by Gasteiger charge is -2.10. The van der Waals surface area contributed by atoms with Gasteiger partial charge in [0.25, 0.3) is 11.8 Å². The average Bonchev–Trinajstić information content (AvgIpc) is 2.65. The van der Waals surface area contributed by atoms with Gasteiger partial charge in [0.15, 0.2) is 6.61 Å². The first-order chi connectivity index (χ1) is 12.5. The van der Waals surface area contributed by atoms with Crippen molar-refractivity contribution < 1.29 is 23.9 Å². The molecule has 0 heterocycles. The fourth-order valence-corrected chi connectivity index (χ4v) is 2.09. The number of carbonyl (C=O) groups is 3. The summed E-state index contributed by atoms with van der Waals surface area (Å²) in [5, 5.41) is 5.12. The third-order valence-electron chi connectivity index (χ3n) is 3.50. The van der Waals surface area contributed by atoms with Crippen molar-refractivity contribution in [2.24, 2.45) is 0 Å². The number of carbonyl (C=O) groups excluding carboxylic acids is 3. The van der Waals surface area contributed by atoms with Crippen LogP contribution in [0.2, 0.25) is 0 Å². The molecule has 0 aromatic heterocycles. The van der Waals surface area contributed by atoms with Gasteiger partial charge in [0.2, 0.25) is 0 Å². The number of aryl methyl sites for hydroxylation is 1. The Morgan fingerprint density at radius 3 is 2.35 bits per heavy atom. The fraction of sp³-hybridized carbons (Fsp3) is 0.211. The van der Waals surface area contributed by atoms with Gasteiger partial charge >= 0.3 is 5.97 Å². The molecule has 7 nitrogen and oxygen atoms in total. The maximum Gasteiger partial charge on any atom is 0.325 e. The van der Waals surface area contributed by atoms with Crippen LogP contribution in [-0.4, -0.2) is 38.0 Å². The minimum absolute atomic E-state index is 0.119. The first-order valence-corrected chi connectivity index (χ1v) is 7.93. The zero-order chi connectivity index (χ0) is 18.9. The number of para-hydroxylation sites is 1. The maximum atomic E-state index is 12.0. The molecule has 0 radical (unpaired) electrons. The van der Waals surface area contributed by atoms with E-state index >= 15 is 0 Å². The summed E-state index contributed by atoms with van der Waals surface area (Å²) in [4.78, 5) is 34.8. The molecule has 0 bridgehead atoms. The fourth-order valence-electron chi connectivity index (χ4n) is 2.09. The Balaban J connectivity index is 1.84. The van der Waals surface area contributed by atoms with Gasteiger partial charge in [-0.1, -0.05) is 18.2 Å². The predicted octanol–water partition coefficient (Wildman–Crippen LogP) is 1.92. The summed E-state index contributed by atoms with van der Waals surface area (Å²) in [7, 11) is 1.24. The topological polar surface area (TPSA) is 93.7 Å². The van der Waals surface area contributed by atoms with E-state index < -0.39 is 11.9 Å². The van der Waals surface area contributed by atoms with Gasteiger partial charge in [-0.3, -0.25) is 14.4 Å². The molecule has 0 saturated carbocycles. The number of hydrogen-bond acceptors (Lipinski definition) is 5. The Morgan fingerprint density at radius 1 is 1.00 bits per heavy atom. The summed E-state index contributed by atoms with van der Waals surface area (Å²) in [5.74, 6) is -0.594. The van der Waals surface area contributed by atoms with E-state index in [4.69, 9.17) is 4.74 Å². The molecule has 0 atom stereocenters. The van der Waals surface area contributed by atoms with E-state index in [1.165, 1.54) is 7.11 Å². The number of esters is 1. The molecule has 2 aromatic carbocycles. The quantitative estimate of drug-likeness (QED) is 0.739. The monoisotopic (exact) mass is 356 g/mol. The molecule has 0 fully saturated rings. The van der Waals surface area contributed by atoms with Crippen LogP contribution in [0.1, 0.15) is 15.9 Å². The SMILES string of the molecule is COC(=O)CNC(=O)c1ccc(NC(=O)COc2ccccc2C)cc1. The summed E-state index contributed by atoms with van der Waals surface area (Å²) >= 11 is 0. The Kier molecular flexibility index (Phi) is 6.73. The van der Waals surface area contributed by atoms with Crippen LogP contribution >= 0.6 is 0 Å². The average molecular weight is 356 g/mol. The van der Waals surface area contributed by atoms with Crippen molar-refractivity contribution in [3.63, 3.8) is 0 Å². The van der Waals surface area contributed by atoms with Crippen molar-refractivity contribution in [1.82, 2.24) is 5.32 Å². The molecule has 0 aliphatic carbocycles. The molecule has 0 unspecified atom stereocenters. The van der Waals surface area contributed by atoms with E-state index in [1.54, 1.807) is 30.3 Å². The zero-order valence-corrected chi connectivity index (χ0v) is 14.6. The van der Waals surface area contributed by atoms with Crippen LogP contribution in [0.5, 0.6) is 5.75 Å². The number of benzene rings is 2. The maximum absolute atomic E-state index is 12.0. The highest BCUT2D eigenvalue weighted by Crippen LogP contribution is 2.16. The Hall–Kier alpha value is -3.35. The largest absolute Gasteiger partial charge is 0.483 e. The van der Waals surface area contributed by atoms with E-state index in [9.17, 15) is 14.4 Å². The van der Waals surface area contributed by atoms with Crippen LogP contribution in [0.4, 0.5) is 5.69 Å². The van der Waals surface area contributed by atoms with Crippen LogP contribution in [0.3, 0.4) is 0 Å². The van der Waals surface area contributed by atoms with Gasteiger partial charge in [0.1, 0.15) is 12.3 Å². The van der Waals surface area contributed by atoms with Crippen molar-refractivity contribution in [2.45, 2.75) is 6.92 Å². The van der Waals surface area contributed by atoms with E-state index in [2.05, 4.69) is 15.4 Å². The summed E-state index contributed by atoms with van der Waals surface area (Å²) in [6.07, 6.45) is 0. The van der Waals surface area contributed by atoms with Gasteiger partial charge < -0.3 is 20.1 Å². The summed E-state index contributed by atoms with van der Waals surface area (Å²) in [6, 6.07) is 13.7. The Morgan fingerprint density at radius 2 is 1.69 bits per heavy atom. The normalized spacial score (nSPS) is 9.92. The second kappa shape index (κ2) is 9.22. The number of nitrogens with one attached hydrogen (secondary N) is 2. The number of ether oxygens (including phenoxy) is 2. The summed E-state index contributed by atoms with van der Waals surface area (Å²) in [6.45, 7) is 1.58. The van der Waals surface area contributed by atoms with Crippen LogP contribution in [0.15, 0.2) is 48.5 Å². The summed E-state index contributed by atoms with van der Waals surface area (Å²) < 4.78 is 9.93. The van der Waals surface area contributed by atoms with Gasteiger partial charge in [-0.15, -0.1) is 0 Å². The van der Waals surface area contributed by atoms with Crippen molar-refractivity contribution in [3.05, 3.63) is 59.7 Å². The highest BCUT2D eigenvalue weighted by atomic mass is 16.5. The predicted molar refractivity (Wildman–Crippen MR) is 96.1 cm³/mol. The van der Waals surface area contributed by atoms with Gasteiger partial charge in [0, 0.05) is 11.3 Å². The molecule has 0 aliphatic heterocycles. The third-order valence-corrected chi connectivity index (χ3v) is 3.50. The molecule has 2 rings (SSSR count). The molecule has 0 aliphatic rings. The van der Waals surface area contributed by atoms with E-state index in [0.717, 1.165) is 5.56 Å². The zero-order valence-electron chi connectivity index (χ0n) is 14.6. The molecule has 2 aromatic rings. The van der Waals surface area contributed by atoms with E-state index in [-0.39, 0.29) is 19.1 Å². The smallest absolute Gasteiger partial charge is 0.325 e. The first-order valence-electron chi connectivity index (χ1n) is 7.93. The Bertz CT molecular complexity index is 787. The van der Waals surface area contributed by atoms with Crippen LogP contribution in [-0.2, 0) is 14.3 Å². The lowest BCUT2D eigenvalue weighted by molar-refractivity contribution is -0.139. The van der Waals surface area contributed by atoms with E-state index in [1.807, 2.05) is 25.1 Å². The van der Waals surface area contributed by atoms with Gasteiger partial charge in [-0.05, 0) is 42.8 Å². The number of methoxy groups -OCH3 is 1.